The predicted molar refractivity (Wildman–Crippen MR) is 34.9 cm³/mol. The molecular formula is C5H10ClNO. The summed E-state index contributed by atoms with van der Waals surface area (Å²) < 4.78 is 0. The van der Waals surface area contributed by atoms with E-state index in [1.54, 1.807) is 7.05 Å². The SMILES string of the molecule is C=C(Cl)C(O)CNC. The van der Waals surface area contributed by atoms with Crippen LogP contribution in [0.4, 0.5) is 0 Å². The van der Waals surface area contributed by atoms with Crippen molar-refractivity contribution < 1.29 is 5.11 Å². The number of likely N-dealkylation sites (N-methyl/N-ethyl adjacent to an activating group) is 1. The first-order valence-corrected chi connectivity index (χ1v) is 2.73. The Morgan fingerprint density at radius 2 is 2.50 bits per heavy atom. The van der Waals surface area contributed by atoms with Gasteiger partial charge >= 0.3 is 0 Å². The van der Waals surface area contributed by atoms with E-state index in [9.17, 15) is 0 Å². The average molecular weight is 136 g/mol. The lowest BCUT2D eigenvalue weighted by molar-refractivity contribution is 0.218. The molecule has 0 heterocycles. The van der Waals surface area contributed by atoms with Gasteiger partial charge in [0.1, 0.15) is 6.10 Å². The molecule has 0 radical (unpaired) electrons. The van der Waals surface area contributed by atoms with Crippen LogP contribution in [-0.2, 0) is 0 Å². The fourth-order valence-electron chi connectivity index (χ4n) is 0.304. The number of aliphatic hydroxyl groups excluding tert-OH is 1. The Kier molecular flexibility index (Phi) is 3.87. The van der Waals surface area contributed by atoms with Crippen LogP contribution in [0.2, 0.25) is 0 Å². The van der Waals surface area contributed by atoms with Crippen LogP contribution in [0.1, 0.15) is 0 Å². The number of halogens is 1. The van der Waals surface area contributed by atoms with E-state index in [0.29, 0.717) is 6.54 Å². The minimum atomic E-state index is -0.623. The molecule has 0 aliphatic rings. The maximum Gasteiger partial charge on any atom is 0.101 e. The van der Waals surface area contributed by atoms with Crippen LogP contribution in [0.3, 0.4) is 0 Å². The van der Waals surface area contributed by atoms with Crippen molar-refractivity contribution in [3.8, 4) is 0 Å². The molecule has 0 fully saturated rings. The van der Waals surface area contributed by atoms with Gasteiger partial charge in [0.25, 0.3) is 0 Å². The zero-order valence-electron chi connectivity index (χ0n) is 4.82. The molecule has 0 saturated heterocycles. The molecule has 0 rings (SSSR count). The maximum atomic E-state index is 8.83. The van der Waals surface area contributed by atoms with E-state index >= 15 is 0 Å². The quantitative estimate of drug-likeness (QED) is 0.584. The molecule has 0 bridgehead atoms. The predicted octanol–water partition coefficient (Wildman–Crippen LogP) is 0.319. The van der Waals surface area contributed by atoms with Gasteiger partial charge < -0.3 is 10.4 Å². The summed E-state index contributed by atoms with van der Waals surface area (Å²) in [6.45, 7) is 3.81. The Hall–Kier alpha value is -0.0500. The van der Waals surface area contributed by atoms with Gasteiger partial charge in [-0.25, -0.2) is 0 Å². The van der Waals surface area contributed by atoms with Crippen LogP contribution >= 0.6 is 11.6 Å². The van der Waals surface area contributed by atoms with E-state index in [2.05, 4.69) is 11.9 Å². The summed E-state index contributed by atoms with van der Waals surface area (Å²) in [5, 5.41) is 11.9. The van der Waals surface area contributed by atoms with Gasteiger partial charge in [-0.2, -0.15) is 0 Å². The van der Waals surface area contributed by atoms with Crippen molar-refractivity contribution in [1.29, 1.82) is 0 Å². The van der Waals surface area contributed by atoms with Crippen molar-refractivity contribution >= 4 is 11.6 Å². The summed E-state index contributed by atoms with van der Waals surface area (Å²) >= 11 is 5.32. The molecule has 3 heteroatoms. The van der Waals surface area contributed by atoms with E-state index in [0.717, 1.165) is 0 Å². The first-order chi connectivity index (χ1) is 3.68. The molecule has 2 nitrogen and oxygen atoms in total. The molecule has 0 aromatic carbocycles. The Morgan fingerprint density at radius 1 is 2.00 bits per heavy atom. The first-order valence-electron chi connectivity index (χ1n) is 2.35. The molecule has 0 spiro atoms. The molecule has 2 N–H and O–H groups in total. The van der Waals surface area contributed by atoms with Crippen LogP contribution in [0.25, 0.3) is 0 Å². The van der Waals surface area contributed by atoms with E-state index in [-0.39, 0.29) is 5.03 Å². The molecule has 0 aliphatic heterocycles. The van der Waals surface area contributed by atoms with E-state index in [4.69, 9.17) is 16.7 Å². The number of hydrogen-bond acceptors (Lipinski definition) is 2. The highest BCUT2D eigenvalue weighted by Gasteiger charge is 2.01. The fourth-order valence-corrected chi connectivity index (χ4v) is 0.381. The third-order valence-electron chi connectivity index (χ3n) is 0.759. The lowest BCUT2D eigenvalue weighted by Crippen LogP contribution is -2.23. The zero-order valence-corrected chi connectivity index (χ0v) is 5.57. The Labute approximate surface area is 54.2 Å². The fraction of sp³-hybridized carbons (Fsp3) is 0.600. The summed E-state index contributed by atoms with van der Waals surface area (Å²) in [6.07, 6.45) is -0.623. The molecule has 0 saturated carbocycles. The highest BCUT2D eigenvalue weighted by atomic mass is 35.5. The van der Waals surface area contributed by atoms with Crippen LogP contribution in [0.15, 0.2) is 11.6 Å². The molecule has 48 valence electrons. The van der Waals surface area contributed by atoms with Gasteiger partial charge in [0.05, 0.1) is 0 Å². The molecule has 0 aliphatic carbocycles. The van der Waals surface area contributed by atoms with Gasteiger partial charge in [0.15, 0.2) is 0 Å². The first kappa shape index (κ1) is 7.95. The number of hydrogen-bond donors (Lipinski definition) is 2. The van der Waals surface area contributed by atoms with E-state index in [1.807, 2.05) is 0 Å². The normalized spacial score (nSPS) is 13.4. The van der Waals surface area contributed by atoms with Crippen LogP contribution in [0.5, 0.6) is 0 Å². The van der Waals surface area contributed by atoms with Crippen molar-refractivity contribution in [2.75, 3.05) is 13.6 Å². The topological polar surface area (TPSA) is 32.3 Å². The van der Waals surface area contributed by atoms with E-state index in [1.165, 1.54) is 0 Å². The smallest absolute Gasteiger partial charge is 0.101 e. The minimum Gasteiger partial charge on any atom is -0.386 e. The van der Waals surface area contributed by atoms with Crippen molar-refractivity contribution in [3.05, 3.63) is 11.6 Å². The van der Waals surface area contributed by atoms with Crippen LogP contribution in [0, 0.1) is 0 Å². The van der Waals surface area contributed by atoms with Crippen LogP contribution in [-0.4, -0.2) is 24.8 Å². The van der Waals surface area contributed by atoms with Gasteiger partial charge in [-0.3, -0.25) is 0 Å². The largest absolute Gasteiger partial charge is 0.386 e. The molecule has 0 amide bonds. The second-order valence-electron chi connectivity index (χ2n) is 1.52. The maximum absolute atomic E-state index is 8.83. The molecule has 0 aromatic rings. The number of aliphatic hydroxyl groups is 1. The molecule has 1 unspecified atom stereocenters. The van der Waals surface area contributed by atoms with Gasteiger partial charge in [0, 0.05) is 11.6 Å². The number of nitrogens with one attached hydrogen (secondary N) is 1. The Morgan fingerprint density at radius 3 is 2.62 bits per heavy atom. The summed E-state index contributed by atoms with van der Waals surface area (Å²) in [5.74, 6) is 0. The minimum absolute atomic E-state index is 0.277. The Bertz CT molecular complexity index is 84.5. The Balaban J connectivity index is 3.32. The summed E-state index contributed by atoms with van der Waals surface area (Å²) in [6, 6.07) is 0. The number of rotatable bonds is 3. The second-order valence-corrected chi connectivity index (χ2v) is 2.01. The van der Waals surface area contributed by atoms with Gasteiger partial charge in [-0.15, -0.1) is 0 Å². The van der Waals surface area contributed by atoms with Crippen molar-refractivity contribution in [1.82, 2.24) is 5.32 Å². The van der Waals surface area contributed by atoms with Gasteiger partial charge in [-0.05, 0) is 7.05 Å². The third-order valence-corrected chi connectivity index (χ3v) is 1.01. The molecule has 8 heavy (non-hydrogen) atoms. The van der Waals surface area contributed by atoms with Gasteiger partial charge in [0.2, 0.25) is 0 Å². The van der Waals surface area contributed by atoms with Crippen molar-refractivity contribution in [3.63, 3.8) is 0 Å². The highest BCUT2D eigenvalue weighted by molar-refractivity contribution is 6.29. The second kappa shape index (κ2) is 3.89. The average Bonchev–Trinajstić information content (AvgIpc) is 1.67. The summed E-state index contributed by atoms with van der Waals surface area (Å²) in [7, 11) is 1.74. The monoisotopic (exact) mass is 135 g/mol. The van der Waals surface area contributed by atoms with E-state index < -0.39 is 6.10 Å². The highest BCUT2D eigenvalue weighted by Crippen LogP contribution is 2.01. The van der Waals surface area contributed by atoms with Crippen molar-refractivity contribution in [2.24, 2.45) is 0 Å². The molecule has 0 aromatic heterocycles. The molecular weight excluding hydrogens is 126 g/mol. The summed E-state index contributed by atoms with van der Waals surface area (Å²) in [5.41, 5.74) is 0. The zero-order chi connectivity index (χ0) is 6.57. The standard InChI is InChI=1S/C5H10ClNO/c1-4(6)5(8)3-7-2/h5,7-8H,1,3H2,2H3. The lowest BCUT2D eigenvalue weighted by Gasteiger charge is -2.05. The lowest BCUT2D eigenvalue weighted by atomic mass is 10.3. The van der Waals surface area contributed by atoms with Crippen molar-refractivity contribution in [2.45, 2.75) is 6.10 Å². The third kappa shape index (κ3) is 3.02. The van der Waals surface area contributed by atoms with Crippen LogP contribution < -0.4 is 5.32 Å². The van der Waals surface area contributed by atoms with Gasteiger partial charge in [-0.1, -0.05) is 18.2 Å². The molecule has 1 atom stereocenters. The summed E-state index contributed by atoms with van der Waals surface area (Å²) in [4.78, 5) is 0.